The van der Waals surface area contributed by atoms with Gasteiger partial charge in [-0.2, -0.15) is 0 Å². The average Bonchev–Trinajstić information content (AvgIpc) is 2.24. The monoisotopic (exact) mass is 205 g/mol. The third-order valence-corrected chi connectivity index (χ3v) is 2.85. The standard InChI is InChI=1S/C14H23N/c1-4-14-10-6-8-12-15(14)11-7-5-9-13(2)3/h4,13-14H,1,6-8,10-12H2,2-3H3. The molecule has 0 aromatic heterocycles. The van der Waals surface area contributed by atoms with E-state index in [0.29, 0.717) is 12.0 Å². The van der Waals surface area contributed by atoms with Crippen LogP contribution in [0.25, 0.3) is 0 Å². The summed E-state index contributed by atoms with van der Waals surface area (Å²) >= 11 is 0. The maximum Gasteiger partial charge on any atom is 0.0275 e. The van der Waals surface area contributed by atoms with Crippen LogP contribution in [0, 0.1) is 17.8 Å². The van der Waals surface area contributed by atoms with Crippen LogP contribution in [0.5, 0.6) is 0 Å². The van der Waals surface area contributed by atoms with E-state index in [1.807, 2.05) is 0 Å². The van der Waals surface area contributed by atoms with Gasteiger partial charge in [0.1, 0.15) is 0 Å². The highest BCUT2D eigenvalue weighted by Crippen LogP contribution is 2.17. The normalized spacial score (nSPS) is 22.2. The zero-order valence-electron chi connectivity index (χ0n) is 10.1. The minimum Gasteiger partial charge on any atom is -0.296 e. The molecule has 0 aliphatic carbocycles. The Morgan fingerprint density at radius 1 is 1.47 bits per heavy atom. The number of likely N-dealkylation sites (tertiary alicyclic amines) is 1. The fourth-order valence-electron chi connectivity index (χ4n) is 2.04. The lowest BCUT2D eigenvalue weighted by molar-refractivity contribution is 0.184. The molecule has 1 rings (SSSR count). The van der Waals surface area contributed by atoms with E-state index in [-0.39, 0.29) is 0 Å². The number of piperidine rings is 1. The van der Waals surface area contributed by atoms with Gasteiger partial charge in [-0.05, 0) is 19.4 Å². The molecule has 0 spiro atoms. The Labute approximate surface area is 94.5 Å². The van der Waals surface area contributed by atoms with E-state index in [0.717, 1.165) is 13.0 Å². The summed E-state index contributed by atoms with van der Waals surface area (Å²) < 4.78 is 0. The van der Waals surface area contributed by atoms with Crippen molar-refractivity contribution in [3.05, 3.63) is 12.7 Å². The highest BCUT2D eigenvalue weighted by molar-refractivity contribution is 5.02. The molecular weight excluding hydrogens is 182 g/mol. The van der Waals surface area contributed by atoms with Crippen LogP contribution in [-0.2, 0) is 0 Å². The maximum atomic E-state index is 3.91. The molecule has 0 aromatic carbocycles. The van der Waals surface area contributed by atoms with Gasteiger partial charge in [0.15, 0.2) is 0 Å². The van der Waals surface area contributed by atoms with Crippen molar-refractivity contribution in [2.75, 3.05) is 13.1 Å². The van der Waals surface area contributed by atoms with Gasteiger partial charge in [-0.1, -0.05) is 26.3 Å². The Hall–Kier alpha value is -0.740. The molecule has 1 saturated heterocycles. The Kier molecular flexibility index (Phi) is 5.50. The van der Waals surface area contributed by atoms with E-state index >= 15 is 0 Å². The second kappa shape index (κ2) is 6.69. The highest BCUT2D eigenvalue weighted by Gasteiger charge is 2.18. The summed E-state index contributed by atoms with van der Waals surface area (Å²) in [6, 6.07) is 0.597. The molecule has 0 aromatic rings. The summed E-state index contributed by atoms with van der Waals surface area (Å²) in [6.45, 7) is 10.5. The molecule has 1 aliphatic rings. The lowest BCUT2D eigenvalue weighted by Gasteiger charge is -2.33. The molecule has 1 fully saturated rings. The topological polar surface area (TPSA) is 3.24 Å². The van der Waals surface area contributed by atoms with Crippen molar-refractivity contribution in [2.24, 2.45) is 5.92 Å². The van der Waals surface area contributed by atoms with E-state index in [1.165, 1.54) is 25.8 Å². The summed E-state index contributed by atoms with van der Waals surface area (Å²) in [7, 11) is 0. The lowest BCUT2D eigenvalue weighted by atomic mass is 10.0. The van der Waals surface area contributed by atoms with Crippen LogP contribution >= 0.6 is 0 Å². The number of hydrogen-bond acceptors (Lipinski definition) is 1. The first-order chi connectivity index (χ1) is 7.24. The molecule has 0 amide bonds. The van der Waals surface area contributed by atoms with Crippen LogP contribution in [0.4, 0.5) is 0 Å². The van der Waals surface area contributed by atoms with Crippen molar-refractivity contribution in [3.8, 4) is 11.8 Å². The van der Waals surface area contributed by atoms with E-state index < -0.39 is 0 Å². The van der Waals surface area contributed by atoms with Crippen molar-refractivity contribution >= 4 is 0 Å². The molecule has 84 valence electrons. The first-order valence-corrected chi connectivity index (χ1v) is 6.09. The van der Waals surface area contributed by atoms with E-state index in [2.05, 4.69) is 43.2 Å². The summed E-state index contributed by atoms with van der Waals surface area (Å²) in [4.78, 5) is 2.52. The van der Waals surface area contributed by atoms with Gasteiger partial charge in [0.05, 0.1) is 0 Å². The Balaban J connectivity index is 2.30. The van der Waals surface area contributed by atoms with Crippen molar-refractivity contribution in [1.82, 2.24) is 4.90 Å². The van der Waals surface area contributed by atoms with E-state index in [4.69, 9.17) is 0 Å². The minimum atomic E-state index is 0.501. The van der Waals surface area contributed by atoms with Gasteiger partial charge in [-0.3, -0.25) is 4.90 Å². The van der Waals surface area contributed by atoms with Crippen LogP contribution in [0.2, 0.25) is 0 Å². The van der Waals surface area contributed by atoms with Gasteiger partial charge in [0.2, 0.25) is 0 Å². The smallest absolute Gasteiger partial charge is 0.0275 e. The van der Waals surface area contributed by atoms with Gasteiger partial charge in [-0.15, -0.1) is 18.4 Å². The van der Waals surface area contributed by atoms with Crippen molar-refractivity contribution < 1.29 is 0 Å². The molecule has 1 aliphatic heterocycles. The molecule has 1 atom stereocenters. The Morgan fingerprint density at radius 3 is 2.93 bits per heavy atom. The van der Waals surface area contributed by atoms with Gasteiger partial charge >= 0.3 is 0 Å². The molecule has 1 unspecified atom stereocenters. The predicted octanol–water partition coefficient (Wildman–Crippen LogP) is 3.08. The second-order valence-electron chi connectivity index (χ2n) is 4.56. The Morgan fingerprint density at radius 2 is 2.27 bits per heavy atom. The molecule has 0 radical (unpaired) electrons. The molecule has 0 bridgehead atoms. The van der Waals surface area contributed by atoms with Gasteiger partial charge in [0, 0.05) is 24.9 Å². The molecule has 1 heterocycles. The number of rotatable bonds is 3. The van der Waals surface area contributed by atoms with Crippen LogP contribution in [-0.4, -0.2) is 24.0 Å². The molecule has 0 N–H and O–H groups in total. The van der Waals surface area contributed by atoms with Crippen LogP contribution in [0.1, 0.15) is 39.5 Å². The molecule has 15 heavy (non-hydrogen) atoms. The summed E-state index contributed by atoms with van der Waals surface area (Å²) in [5.41, 5.74) is 0. The Bertz CT molecular complexity index is 244. The van der Waals surface area contributed by atoms with Crippen molar-refractivity contribution in [1.29, 1.82) is 0 Å². The van der Waals surface area contributed by atoms with Gasteiger partial charge < -0.3 is 0 Å². The minimum absolute atomic E-state index is 0.501. The van der Waals surface area contributed by atoms with Crippen LogP contribution in [0.3, 0.4) is 0 Å². The zero-order chi connectivity index (χ0) is 11.1. The molecule has 1 heteroatoms. The molecule has 1 nitrogen and oxygen atoms in total. The fourth-order valence-corrected chi connectivity index (χ4v) is 2.04. The van der Waals surface area contributed by atoms with Crippen LogP contribution < -0.4 is 0 Å². The SMILES string of the molecule is C=CC1CCCCN1CCC#CC(C)C. The average molecular weight is 205 g/mol. The lowest BCUT2D eigenvalue weighted by Crippen LogP contribution is -2.38. The van der Waals surface area contributed by atoms with E-state index in [9.17, 15) is 0 Å². The third kappa shape index (κ3) is 4.53. The molecule has 0 saturated carbocycles. The zero-order valence-corrected chi connectivity index (χ0v) is 10.1. The number of hydrogen-bond donors (Lipinski definition) is 0. The largest absolute Gasteiger partial charge is 0.296 e. The highest BCUT2D eigenvalue weighted by atomic mass is 15.2. The van der Waals surface area contributed by atoms with Crippen molar-refractivity contribution in [2.45, 2.75) is 45.6 Å². The number of nitrogens with zero attached hydrogens (tertiary/aromatic N) is 1. The molecular formula is C14H23N. The van der Waals surface area contributed by atoms with Gasteiger partial charge in [-0.25, -0.2) is 0 Å². The first kappa shape index (κ1) is 12.3. The maximum absolute atomic E-state index is 3.91. The quantitative estimate of drug-likeness (QED) is 0.505. The summed E-state index contributed by atoms with van der Waals surface area (Å²) in [6.07, 6.45) is 7.06. The van der Waals surface area contributed by atoms with Crippen molar-refractivity contribution in [3.63, 3.8) is 0 Å². The third-order valence-electron chi connectivity index (χ3n) is 2.85. The first-order valence-electron chi connectivity index (χ1n) is 6.09. The second-order valence-corrected chi connectivity index (χ2v) is 4.56. The van der Waals surface area contributed by atoms with E-state index in [1.54, 1.807) is 0 Å². The summed E-state index contributed by atoms with van der Waals surface area (Å²) in [5.74, 6) is 6.97. The predicted molar refractivity (Wildman–Crippen MR) is 66.6 cm³/mol. The summed E-state index contributed by atoms with van der Waals surface area (Å²) in [5, 5.41) is 0. The van der Waals surface area contributed by atoms with Gasteiger partial charge in [0.25, 0.3) is 0 Å². The van der Waals surface area contributed by atoms with Crippen LogP contribution in [0.15, 0.2) is 12.7 Å². The fraction of sp³-hybridized carbons (Fsp3) is 0.714.